The Kier molecular flexibility index (Phi) is 4.29. The van der Waals surface area contributed by atoms with E-state index in [1.54, 1.807) is 24.3 Å². The number of rotatable bonds is 3. The first-order chi connectivity index (χ1) is 12.0. The lowest BCUT2D eigenvalue weighted by Crippen LogP contribution is -2.36. The van der Waals surface area contributed by atoms with Crippen molar-refractivity contribution >= 4 is 34.9 Å². The van der Waals surface area contributed by atoms with Crippen LogP contribution < -0.4 is 9.64 Å². The summed E-state index contributed by atoms with van der Waals surface area (Å²) in [4.78, 5) is 37.7. The van der Waals surface area contributed by atoms with Gasteiger partial charge in [-0.2, -0.15) is 0 Å². The number of anilines is 1. The fourth-order valence-corrected chi connectivity index (χ4v) is 2.87. The van der Waals surface area contributed by atoms with Gasteiger partial charge in [-0.3, -0.25) is 9.59 Å². The predicted octanol–water partition coefficient (Wildman–Crippen LogP) is 3.71. The maximum Gasteiger partial charge on any atom is 0.416 e. The second-order valence-electron chi connectivity index (χ2n) is 5.18. The van der Waals surface area contributed by atoms with Crippen LogP contribution in [-0.4, -0.2) is 29.9 Å². The molecule has 0 aliphatic heterocycles. The first-order valence-electron chi connectivity index (χ1n) is 7.21. The number of hydrogen-bond donors (Lipinski definition) is 1. The molecule has 3 rings (SSSR count). The van der Waals surface area contributed by atoms with Crippen molar-refractivity contribution in [1.29, 1.82) is 0 Å². The van der Waals surface area contributed by atoms with Gasteiger partial charge in [0.15, 0.2) is 0 Å². The van der Waals surface area contributed by atoms with Crippen LogP contribution in [0.5, 0.6) is 5.75 Å². The SMILES string of the molecule is COc1ccc(N(C(=O)O)C2=C(Cl)C(=O)c3ccccc3C2=O)cc1. The first-order valence-corrected chi connectivity index (χ1v) is 7.58. The van der Waals surface area contributed by atoms with Gasteiger partial charge in [0.05, 0.1) is 12.8 Å². The standard InChI is InChI=1S/C18H12ClNO5/c1-25-11-8-6-10(7-9-11)20(18(23)24)15-14(19)16(21)12-4-2-3-5-13(12)17(15)22/h2-9H,1H3,(H,23,24). The van der Waals surface area contributed by atoms with Crippen molar-refractivity contribution in [2.24, 2.45) is 0 Å². The van der Waals surface area contributed by atoms with Crippen LogP contribution >= 0.6 is 11.6 Å². The van der Waals surface area contributed by atoms with Crippen LogP contribution in [0.2, 0.25) is 0 Å². The molecule has 1 N–H and O–H groups in total. The molecule has 0 fully saturated rings. The summed E-state index contributed by atoms with van der Waals surface area (Å²) in [6.45, 7) is 0. The highest BCUT2D eigenvalue weighted by atomic mass is 35.5. The molecule has 0 radical (unpaired) electrons. The number of ether oxygens (including phenoxy) is 1. The average molecular weight is 358 g/mol. The van der Waals surface area contributed by atoms with Gasteiger partial charge in [-0.05, 0) is 24.3 Å². The van der Waals surface area contributed by atoms with Crippen LogP contribution in [0.15, 0.2) is 59.3 Å². The molecule has 0 aromatic heterocycles. The second kappa shape index (κ2) is 6.41. The zero-order chi connectivity index (χ0) is 18.1. The zero-order valence-electron chi connectivity index (χ0n) is 13.0. The molecule has 0 spiro atoms. The van der Waals surface area contributed by atoms with Gasteiger partial charge in [0, 0.05) is 11.1 Å². The topological polar surface area (TPSA) is 83.9 Å². The Hall–Kier alpha value is -3.12. The van der Waals surface area contributed by atoms with Crippen molar-refractivity contribution in [2.75, 3.05) is 12.0 Å². The molecule has 126 valence electrons. The number of halogens is 1. The summed E-state index contributed by atoms with van der Waals surface area (Å²) >= 11 is 6.08. The highest BCUT2D eigenvalue weighted by Gasteiger charge is 2.37. The molecule has 0 atom stereocenters. The summed E-state index contributed by atoms with van der Waals surface area (Å²) in [6, 6.07) is 12.2. The minimum absolute atomic E-state index is 0.117. The number of carboxylic acid groups (broad SMARTS) is 1. The van der Waals surface area contributed by atoms with Crippen molar-refractivity contribution in [1.82, 2.24) is 0 Å². The van der Waals surface area contributed by atoms with Crippen LogP contribution in [0.4, 0.5) is 10.5 Å². The lowest BCUT2D eigenvalue weighted by atomic mass is 9.92. The monoisotopic (exact) mass is 357 g/mol. The van der Waals surface area contributed by atoms with Crippen molar-refractivity contribution in [2.45, 2.75) is 0 Å². The predicted molar refractivity (Wildman–Crippen MR) is 91.5 cm³/mol. The number of carbonyl (C=O) groups is 3. The van der Waals surface area contributed by atoms with E-state index in [1.807, 2.05) is 0 Å². The molecular weight excluding hydrogens is 346 g/mol. The van der Waals surface area contributed by atoms with E-state index >= 15 is 0 Å². The summed E-state index contributed by atoms with van der Waals surface area (Å²) in [5.74, 6) is -0.699. The number of methoxy groups -OCH3 is 1. The van der Waals surface area contributed by atoms with Gasteiger partial charge in [-0.25, -0.2) is 9.69 Å². The first kappa shape index (κ1) is 16.7. The van der Waals surface area contributed by atoms with E-state index in [-0.39, 0.29) is 22.5 Å². The number of benzene rings is 2. The average Bonchev–Trinajstić information content (AvgIpc) is 2.63. The second-order valence-corrected chi connectivity index (χ2v) is 5.56. The molecule has 0 saturated carbocycles. The Labute approximate surface area is 147 Å². The van der Waals surface area contributed by atoms with E-state index in [1.165, 1.54) is 31.4 Å². The molecule has 2 aromatic rings. The molecule has 2 aromatic carbocycles. The molecular formula is C18H12ClNO5. The lowest BCUT2D eigenvalue weighted by molar-refractivity contribution is 0.0977. The van der Waals surface area contributed by atoms with E-state index in [0.29, 0.717) is 10.6 Å². The normalized spacial score (nSPS) is 13.5. The number of amides is 1. The van der Waals surface area contributed by atoms with Crippen LogP contribution in [-0.2, 0) is 0 Å². The Morgan fingerprint density at radius 3 is 2.08 bits per heavy atom. The van der Waals surface area contributed by atoms with E-state index in [0.717, 1.165) is 0 Å². The molecule has 1 amide bonds. The Morgan fingerprint density at radius 2 is 1.56 bits per heavy atom. The van der Waals surface area contributed by atoms with Gasteiger partial charge >= 0.3 is 6.09 Å². The fourth-order valence-electron chi connectivity index (χ4n) is 2.60. The van der Waals surface area contributed by atoms with Crippen molar-refractivity contribution < 1.29 is 24.2 Å². The summed E-state index contributed by atoms with van der Waals surface area (Å²) in [5, 5.41) is 9.18. The zero-order valence-corrected chi connectivity index (χ0v) is 13.8. The third-order valence-corrected chi connectivity index (χ3v) is 4.13. The number of fused-ring (bicyclic) bond motifs is 1. The molecule has 0 heterocycles. The van der Waals surface area contributed by atoms with Crippen LogP contribution in [0.25, 0.3) is 0 Å². The Morgan fingerprint density at radius 1 is 1.00 bits per heavy atom. The Bertz CT molecular complexity index is 917. The van der Waals surface area contributed by atoms with Crippen molar-refractivity contribution in [3.63, 3.8) is 0 Å². The molecule has 6 nitrogen and oxygen atoms in total. The summed E-state index contributed by atoms with van der Waals surface area (Å²) in [6.07, 6.45) is -1.43. The molecule has 0 unspecified atom stereocenters. The number of allylic oxidation sites excluding steroid dienone is 2. The summed E-state index contributed by atoms with van der Waals surface area (Å²) < 4.78 is 5.04. The number of nitrogens with zero attached hydrogens (tertiary/aromatic N) is 1. The van der Waals surface area contributed by atoms with Gasteiger partial charge < -0.3 is 9.84 Å². The molecule has 25 heavy (non-hydrogen) atoms. The van der Waals surface area contributed by atoms with E-state index in [9.17, 15) is 19.5 Å². The minimum Gasteiger partial charge on any atom is -0.497 e. The fraction of sp³-hybridized carbons (Fsp3) is 0.0556. The van der Waals surface area contributed by atoms with E-state index in [4.69, 9.17) is 16.3 Å². The number of ketones is 2. The number of carbonyl (C=O) groups excluding carboxylic acids is 2. The Balaban J connectivity index is 2.16. The molecule has 0 saturated heterocycles. The molecule has 1 aliphatic rings. The quantitative estimate of drug-likeness (QED) is 0.905. The summed E-state index contributed by atoms with van der Waals surface area (Å²) in [5.41, 5.74) is 0.0537. The molecule has 1 aliphatic carbocycles. The molecule has 0 bridgehead atoms. The third-order valence-electron chi connectivity index (χ3n) is 3.78. The highest BCUT2D eigenvalue weighted by Crippen LogP contribution is 2.33. The van der Waals surface area contributed by atoms with Crippen molar-refractivity contribution in [3.8, 4) is 5.75 Å². The summed E-state index contributed by atoms with van der Waals surface area (Å²) in [7, 11) is 1.48. The van der Waals surface area contributed by atoms with Gasteiger partial charge in [0.2, 0.25) is 11.6 Å². The van der Waals surface area contributed by atoms with Gasteiger partial charge in [0.25, 0.3) is 0 Å². The van der Waals surface area contributed by atoms with E-state index < -0.39 is 22.7 Å². The maximum atomic E-state index is 12.8. The minimum atomic E-state index is -1.43. The highest BCUT2D eigenvalue weighted by molar-refractivity contribution is 6.50. The molecule has 7 heteroatoms. The number of Topliss-reactive ketones (excluding diaryl/α,β-unsaturated/α-hetero) is 2. The van der Waals surface area contributed by atoms with Gasteiger partial charge in [-0.1, -0.05) is 35.9 Å². The maximum absolute atomic E-state index is 12.8. The van der Waals surface area contributed by atoms with E-state index in [2.05, 4.69) is 0 Å². The van der Waals surface area contributed by atoms with Crippen LogP contribution in [0.3, 0.4) is 0 Å². The van der Waals surface area contributed by atoms with Gasteiger partial charge in [0.1, 0.15) is 16.5 Å². The lowest BCUT2D eigenvalue weighted by Gasteiger charge is -2.26. The largest absolute Gasteiger partial charge is 0.497 e. The van der Waals surface area contributed by atoms with Crippen molar-refractivity contribution in [3.05, 3.63) is 70.4 Å². The third kappa shape index (κ3) is 2.77. The van der Waals surface area contributed by atoms with Gasteiger partial charge in [-0.15, -0.1) is 0 Å². The van der Waals surface area contributed by atoms with Crippen LogP contribution in [0, 0.1) is 0 Å². The van der Waals surface area contributed by atoms with Crippen LogP contribution in [0.1, 0.15) is 20.7 Å². The number of hydrogen-bond acceptors (Lipinski definition) is 4. The smallest absolute Gasteiger partial charge is 0.416 e.